The van der Waals surface area contributed by atoms with Crippen molar-refractivity contribution in [1.82, 2.24) is 15.2 Å². The molecule has 1 N–H and O–H groups in total. The van der Waals surface area contributed by atoms with E-state index in [1.165, 1.54) is 6.07 Å². The summed E-state index contributed by atoms with van der Waals surface area (Å²) in [4.78, 5) is 18.4. The molecule has 2 heterocycles. The number of likely N-dealkylation sites (tertiary alicyclic amines) is 1. The van der Waals surface area contributed by atoms with Crippen LogP contribution < -0.4 is 5.32 Å². The van der Waals surface area contributed by atoms with Crippen LogP contribution >= 0.6 is 0 Å². The van der Waals surface area contributed by atoms with Crippen molar-refractivity contribution in [3.63, 3.8) is 0 Å². The number of amides is 2. The van der Waals surface area contributed by atoms with Crippen LogP contribution in [0.1, 0.15) is 41.7 Å². The molecule has 1 unspecified atom stereocenters. The molecular formula is C19H23F2N3O2. The predicted molar refractivity (Wildman–Crippen MR) is 93.0 cm³/mol. The number of aryl methyl sites for hydroxylation is 2. The van der Waals surface area contributed by atoms with E-state index in [1.54, 1.807) is 17.9 Å². The van der Waals surface area contributed by atoms with E-state index in [0.717, 1.165) is 35.9 Å². The minimum Gasteiger partial charge on any atom is -0.446 e. The number of nitrogens with zero attached hydrogens (tertiary/aromatic N) is 2. The lowest BCUT2D eigenvalue weighted by Crippen LogP contribution is -2.45. The number of halogens is 2. The smallest absolute Gasteiger partial charge is 0.317 e. The van der Waals surface area contributed by atoms with Crippen molar-refractivity contribution in [1.29, 1.82) is 0 Å². The first-order chi connectivity index (χ1) is 12.4. The van der Waals surface area contributed by atoms with E-state index in [9.17, 15) is 13.6 Å². The van der Waals surface area contributed by atoms with Gasteiger partial charge in [0.1, 0.15) is 5.76 Å². The van der Waals surface area contributed by atoms with Crippen molar-refractivity contribution in [2.24, 2.45) is 0 Å². The van der Waals surface area contributed by atoms with Gasteiger partial charge in [0.05, 0.1) is 5.69 Å². The zero-order valence-electron chi connectivity index (χ0n) is 15.0. The molecule has 1 fully saturated rings. The van der Waals surface area contributed by atoms with Crippen molar-refractivity contribution < 1.29 is 18.0 Å². The van der Waals surface area contributed by atoms with Gasteiger partial charge in [-0.3, -0.25) is 0 Å². The van der Waals surface area contributed by atoms with Gasteiger partial charge in [-0.05, 0) is 37.5 Å². The first-order valence-electron chi connectivity index (χ1n) is 8.84. The number of hydrogen-bond acceptors (Lipinski definition) is 3. The Bertz CT molecular complexity index is 791. The molecular weight excluding hydrogens is 340 g/mol. The van der Waals surface area contributed by atoms with Gasteiger partial charge in [-0.15, -0.1) is 0 Å². The predicted octanol–water partition coefficient (Wildman–Crippen LogP) is 3.70. The molecule has 1 aliphatic heterocycles. The second-order valence-corrected chi connectivity index (χ2v) is 6.68. The van der Waals surface area contributed by atoms with Crippen molar-refractivity contribution in [2.45, 2.75) is 39.0 Å². The Labute approximate surface area is 151 Å². The second kappa shape index (κ2) is 7.85. The van der Waals surface area contributed by atoms with Crippen LogP contribution in [0.4, 0.5) is 13.6 Å². The molecule has 0 saturated carbocycles. The Hall–Kier alpha value is -2.44. The first kappa shape index (κ1) is 18.4. The monoisotopic (exact) mass is 363 g/mol. The Balaban J connectivity index is 1.54. The lowest BCUT2D eigenvalue weighted by molar-refractivity contribution is 0.179. The summed E-state index contributed by atoms with van der Waals surface area (Å²) in [6.07, 6.45) is 2.29. The lowest BCUT2D eigenvalue weighted by atomic mass is 9.90. The average molecular weight is 363 g/mol. The molecule has 0 bridgehead atoms. The third-order valence-corrected chi connectivity index (χ3v) is 4.76. The van der Waals surface area contributed by atoms with E-state index in [2.05, 4.69) is 10.3 Å². The number of urea groups is 1. The highest BCUT2D eigenvalue weighted by Crippen LogP contribution is 2.27. The van der Waals surface area contributed by atoms with Crippen molar-refractivity contribution in [3.8, 4) is 0 Å². The zero-order valence-corrected chi connectivity index (χ0v) is 15.0. The molecule has 2 aromatic rings. The summed E-state index contributed by atoms with van der Waals surface area (Å²) in [5, 5.41) is 2.90. The van der Waals surface area contributed by atoms with Gasteiger partial charge in [0.15, 0.2) is 17.5 Å². The molecule has 1 aromatic carbocycles. The highest BCUT2D eigenvalue weighted by molar-refractivity contribution is 5.74. The summed E-state index contributed by atoms with van der Waals surface area (Å²) in [5.41, 5.74) is 1.58. The second-order valence-electron chi connectivity index (χ2n) is 6.68. The van der Waals surface area contributed by atoms with E-state index < -0.39 is 11.6 Å². The summed E-state index contributed by atoms with van der Waals surface area (Å²) >= 11 is 0. The summed E-state index contributed by atoms with van der Waals surface area (Å²) in [6, 6.07) is 3.83. The van der Waals surface area contributed by atoms with E-state index >= 15 is 0 Å². The summed E-state index contributed by atoms with van der Waals surface area (Å²) in [6.45, 7) is 5.28. The molecule has 1 aliphatic rings. The van der Waals surface area contributed by atoms with Crippen LogP contribution in [0.25, 0.3) is 0 Å². The fraction of sp³-hybridized carbons (Fsp3) is 0.474. The standard InChI is InChI=1S/C19H23F2N3O2/c1-12-18(23-13(2)26-12)7-8-22-19(25)24-9-3-4-15(11-24)14-5-6-16(20)17(21)10-14/h5-6,10,15H,3-4,7-9,11H2,1-2H3,(H,22,25). The largest absolute Gasteiger partial charge is 0.446 e. The van der Waals surface area contributed by atoms with Gasteiger partial charge >= 0.3 is 6.03 Å². The Morgan fingerprint density at radius 2 is 2.15 bits per heavy atom. The van der Waals surface area contributed by atoms with E-state index in [4.69, 9.17) is 4.42 Å². The minimum atomic E-state index is -0.849. The molecule has 0 radical (unpaired) electrons. The molecule has 0 aliphatic carbocycles. The molecule has 26 heavy (non-hydrogen) atoms. The van der Waals surface area contributed by atoms with Crippen LogP contribution in [0.15, 0.2) is 22.6 Å². The van der Waals surface area contributed by atoms with Gasteiger partial charge in [0.2, 0.25) is 0 Å². The van der Waals surface area contributed by atoms with Crippen LogP contribution in [0.5, 0.6) is 0 Å². The number of carbonyl (C=O) groups excluding carboxylic acids is 1. The third-order valence-electron chi connectivity index (χ3n) is 4.76. The maximum absolute atomic E-state index is 13.5. The maximum atomic E-state index is 13.5. The molecule has 1 saturated heterocycles. The van der Waals surface area contributed by atoms with Gasteiger partial charge in [0, 0.05) is 38.9 Å². The van der Waals surface area contributed by atoms with E-state index in [-0.39, 0.29) is 11.9 Å². The van der Waals surface area contributed by atoms with Gasteiger partial charge in [-0.25, -0.2) is 18.6 Å². The first-order valence-corrected chi connectivity index (χ1v) is 8.84. The van der Waals surface area contributed by atoms with E-state index in [0.29, 0.717) is 31.9 Å². The molecule has 2 amide bonds. The molecule has 5 nitrogen and oxygen atoms in total. The molecule has 1 atom stereocenters. The number of oxazole rings is 1. The lowest BCUT2D eigenvalue weighted by Gasteiger charge is -2.33. The summed E-state index contributed by atoms with van der Waals surface area (Å²) in [5.74, 6) is -0.285. The fourth-order valence-electron chi connectivity index (χ4n) is 3.40. The average Bonchev–Trinajstić information content (AvgIpc) is 2.94. The molecule has 3 rings (SSSR count). The third kappa shape index (κ3) is 4.20. The van der Waals surface area contributed by atoms with Crippen molar-refractivity contribution in [3.05, 3.63) is 52.7 Å². The van der Waals surface area contributed by atoms with Crippen molar-refractivity contribution >= 4 is 6.03 Å². The Morgan fingerprint density at radius 3 is 2.85 bits per heavy atom. The van der Waals surface area contributed by atoms with Gasteiger partial charge in [-0.1, -0.05) is 6.07 Å². The number of nitrogens with one attached hydrogen (secondary N) is 1. The number of hydrogen-bond donors (Lipinski definition) is 1. The zero-order chi connectivity index (χ0) is 18.7. The van der Waals surface area contributed by atoms with E-state index in [1.807, 2.05) is 6.92 Å². The molecule has 140 valence electrons. The SMILES string of the molecule is Cc1nc(CCNC(=O)N2CCCC(c3ccc(F)c(F)c3)C2)c(C)o1. The van der Waals surface area contributed by atoms with Crippen molar-refractivity contribution in [2.75, 3.05) is 19.6 Å². The van der Waals surface area contributed by atoms with Crippen LogP contribution in [-0.2, 0) is 6.42 Å². The number of piperidine rings is 1. The summed E-state index contributed by atoms with van der Waals surface area (Å²) < 4.78 is 32.0. The van der Waals surface area contributed by atoms with Gasteiger partial charge < -0.3 is 14.6 Å². The maximum Gasteiger partial charge on any atom is 0.317 e. The fourth-order valence-corrected chi connectivity index (χ4v) is 3.40. The Kier molecular flexibility index (Phi) is 5.54. The van der Waals surface area contributed by atoms with Crippen LogP contribution in [0.3, 0.4) is 0 Å². The topological polar surface area (TPSA) is 58.4 Å². The quantitative estimate of drug-likeness (QED) is 0.901. The molecule has 1 aromatic heterocycles. The van der Waals surface area contributed by atoms with Gasteiger partial charge in [-0.2, -0.15) is 0 Å². The number of rotatable bonds is 4. The molecule has 0 spiro atoms. The molecule has 7 heteroatoms. The van der Waals surface area contributed by atoms with Crippen LogP contribution in [0.2, 0.25) is 0 Å². The summed E-state index contributed by atoms with van der Waals surface area (Å²) in [7, 11) is 0. The highest BCUT2D eigenvalue weighted by atomic mass is 19.2. The Morgan fingerprint density at radius 1 is 1.35 bits per heavy atom. The number of benzene rings is 1. The highest BCUT2D eigenvalue weighted by Gasteiger charge is 2.25. The number of aromatic nitrogens is 1. The van der Waals surface area contributed by atoms with Crippen LogP contribution in [0, 0.1) is 25.5 Å². The minimum absolute atomic E-state index is 0.0186. The normalized spacial score (nSPS) is 17.4. The van der Waals surface area contributed by atoms with Crippen LogP contribution in [-0.4, -0.2) is 35.5 Å². The number of carbonyl (C=O) groups is 1. The van der Waals surface area contributed by atoms with Gasteiger partial charge in [0.25, 0.3) is 0 Å².